The van der Waals surface area contributed by atoms with Gasteiger partial charge in [-0.05, 0) is 13.0 Å². The second kappa shape index (κ2) is 6.06. The Morgan fingerprint density at radius 1 is 1.37 bits per heavy atom. The zero-order chi connectivity index (χ0) is 14.8. The van der Waals surface area contributed by atoms with Gasteiger partial charge in [-0.25, -0.2) is 0 Å². The van der Waals surface area contributed by atoms with Crippen LogP contribution in [-0.2, 0) is 12.5 Å². The third kappa shape index (κ3) is 4.05. The van der Waals surface area contributed by atoms with E-state index in [4.69, 9.17) is 5.73 Å². The third-order valence-corrected chi connectivity index (χ3v) is 3.33. The van der Waals surface area contributed by atoms with Gasteiger partial charge in [0.15, 0.2) is 0 Å². The van der Waals surface area contributed by atoms with Crippen LogP contribution in [0.25, 0.3) is 0 Å². The summed E-state index contributed by atoms with van der Waals surface area (Å²) in [6, 6.07) is 0.241. The monoisotopic (exact) mass is 266 g/mol. The maximum absolute atomic E-state index is 6.02. The van der Waals surface area contributed by atoms with E-state index in [9.17, 15) is 0 Å². The van der Waals surface area contributed by atoms with Gasteiger partial charge < -0.3 is 5.73 Å². The SMILES string of the molecule is CC(C)CN(C)C(CN)c1cn(C)nc1C(C)(C)C. The number of nitrogens with two attached hydrogens (primary N) is 1. The van der Waals surface area contributed by atoms with Gasteiger partial charge in [-0.2, -0.15) is 5.10 Å². The van der Waals surface area contributed by atoms with Crippen molar-refractivity contribution in [3.05, 3.63) is 17.5 Å². The Bertz CT molecular complexity index is 401. The van der Waals surface area contributed by atoms with Crippen LogP contribution in [0.4, 0.5) is 0 Å². The lowest BCUT2D eigenvalue weighted by molar-refractivity contribution is 0.221. The number of nitrogens with zero attached hydrogens (tertiary/aromatic N) is 3. The van der Waals surface area contributed by atoms with E-state index in [1.165, 1.54) is 5.56 Å². The van der Waals surface area contributed by atoms with E-state index < -0.39 is 0 Å². The Hall–Kier alpha value is -0.870. The quantitative estimate of drug-likeness (QED) is 0.889. The minimum Gasteiger partial charge on any atom is -0.329 e. The average Bonchev–Trinajstić information content (AvgIpc) is 2.59. The van der Waals surface area contributed by atoms with Crippen molar-refractivity contribution in [3.63, 3.8) is 0 Å². The Balaban J connectivity index is 3.11. The molecule has 19 heavy (non-hydrogen) atoms. The molecule has 0 fully saturated rings. The van der Waals surface area contributed by atoms with Crippen molar-refractivity contribution in [1.29, 1.82) is 0 Å². The number of aromatic nitrogens is 2. The first-order valence-corrected chi connectivity index (χ1v) is 7.11. The van der Waals surface area contributed by atoms with Crippen molar-refractivity contribution in [1.82, 2.24) is 14.7 Å². The summed E-state index contributed by atoms with van der Waals surface area (Å²) in [5, 5.41) is 4.65. The van der Waals surface area contributed by atoms with Gasteiger partial charge in [0, 0.05) is 37.3 Å². The summed E-state index contributed by atoms with van der Waals surface area (Å²) < 4.78 is 1.90. The topological polar surface area (TPSA) is 47.1 Å². The molecule has 2 N–H and O–H groups in total. The molecule has 1 aromatic heterocycles. The predicted octanol–water partition coefficient (Wildman–Crippen LogP) is 2.31. The molecule has 0 aliphatic rings. The second-order valence-corrected chi connectivity index (χ2v) is 6.94. The highest BCUT2D eigenvalue weighted by molar-refractivity contribution is 5.27. The lowest BCUT2D eigenvalue weighted by Crippen LogP contribution is -2.34. The first-order chi connectivity index (χ1) is 8.66. The van der Waals surface area contributed by atoms with Crippen LogP contribution in [0.2, 0.25) is 0 Å². The van der Waals surface area contributed by atoms with Crippen LogP contribution in [0.3, 0.4) is 0 Å². The van der Waals surface area contributed by atoms with E-state index in [2.05, 4.69) is 57.9 Å². The smallest absolute Gasteiger partial charge is 0.0726 e. The molecule has 110 valence electrons. The summed E-state index contributed by atoms with van der Waals surface area (Å²) in [6.45, 7) is 12.7. The highest BCUT2D eigenvalue weighted by Gasteiger charge is 2.28. The molecule has 1 rings (SSSR count). The van der Waals surface area contributed by atoms with Crippen molar-refractivity contribution in [2.24, 2.45) is 18.7 Å². The van der Waals surface area contributed by atoms with Crippen molar-refractivity contribution in [3.8, 4) is 0 Å². The first-order valence-electron chi connectivity index (χ1n) is 7.11. The largest absolute Gasteiger partial charge is 0.329 e. The molecule has 0 aromatic carbocycles. The third-order valence-electron chi connectivity index (χ3n) is 3.33. The minimum absolute atomic E-state index is 0.0443. The van der Waals surface area contributed by atoms with Crippen molar-refractivity contribution >= 4 is 0 Å². The van der Waals surface area contributed by atoms with Gasteiger partial charge in [0.25, 0.3) is 0 Å². The van der Waals surface area contributed by atoms with Crippen LogP contribution in [0.5, 0.6) is 0 Å². The van der Waals surface area contributed by atoms with Crippen molar-refractivity contribution in [2.45, 2.75) is 46.1 Å². The fourth-order valence-corrected chi connectivity index (χ4v) is 2.58. The van der Waals surface area contributed by atoms with E-state index in [0.29, 0.717) is 12.5 Å². The molecule has 0 saturated heterocycles. The summed E-state index contributed by atoms with van der Waals surface area (Å²) in [6.07, 6.45) is 2.12. The maximum atomic E-state index is 6.02. The number of aryl methyl sites for hydroxylation is 1. The molecule has 1 atom stereocenters. The second-order valence-electron chi connectivity index (χ2n) is 6.94. The molecular weight excluding hydrogens is 236 g/mol. The van der Waals surface area contributed by atoms with Gasteiger partial charge in [-0.1, -0.05) is 34.6 Å². The molecule has 4 nitrogen and oxygen atoms in total. The summed E-state index contributed by atoms with van der Waals surface area (Å²) in [5.74, 6) is 0.633. The highest BCUT2D eigenvalue weighted by Crippen LogP contribution is 2.30. The molecule has 1 heterocycles. The van der Waals surface area contributed by atoms with Crippen LogP contribution >= 0.6 is 0 Å². The molecule has 0 amide bonds. The van der Waals surface area contributed by atoms with Gasteiger partial charge in [-0.3, -0.25) is 9.58 Å². The van der Waals surface area contributed by atoms with Crippen LogP contribution in [0.15, 0.2) is 6.20 Å². The molecule has 0 aliphatic carbocycles. The fraction of sp³-hybridized carbons (Fsp3) is 0.800. The molecule has 0 saturated carbocycles. The summed E-state index contributed by atoms with van der Waals surface area (Å²) >= 11 is 0. The van der Waals surface area contributed by atoms with E-state index in [-0.39, 0.29) is 11.5 Å². The van der Waals surface area contributed by atoms with E-state index >= 15 is 0 Å². The molecule has 0 radical (unpaired) electrons. The van der Waals surface area contributed by atoms with Gasteiger partial charge in [0.1, 0.15) is 0 Å². The lowest BCUT2D eigenvalue weighted by atomic mass is 9.87. The lowest BCUT2D eigenvalue weighted by Gasteiger charge is -2.30. The molecule has 0 spiro atoms. The minimum atomic E-state index is 0.0443. The fourth-order valence-electron chi connectivity index (χ4n) is 2.58. The van der Waals surface area contributed by atoms with Gasteiger partial charge in [0.2, 0.25) is 0 Å². The van der Waals surface area contributed by atoms with Crippen molar-refractivity contribution in [2.75, 3.05) is 20.1 Å². The highest BCUT2D eigenvalue weighted by atomic mass is 15.3. The number of likely N-dealkylation sites (N-methyl/N-ethyl adjacent to an activating group) is 1. The number of hydrogen-bond donors (Lipinski definition) is 1. The van der Waals surface area contributed by atoms with Gasteiger partial charge in [-0.15, -0.1) is 0 Å². The molecule has 0 bridgehead atoms. The molecule has 4 heteroatoms. The number of rotatable bonds is 5. The summed E-state index contributed by atoms with van der Waals surface area (Å²) in [5.41, 5.74) is 8.49. The van der Waals surface area contributed by atoms with E-state index in [0.717, 1.165) is 12.2 Å². The van der Waals surface area contributed by atoms with Crippen LogP contribution in [0, 0.1) is 5.92 Å². The normalized spacial score (nSPS) is 14.4. The van der Waals surface area contributed by atoms with E-state index in [1.807, 2.05) is 11.7 Å². The Kier molecular flexibility index (Phi) is 5.16. The summed E-state index contributed by atoms with van der Waals surface area (Å²) in [7, 11) is 4.13. The maximum Gasteiger partial charge on any atom is 0.0726 e. The Morgan fingerprint density at radius 2 is 1.95 bits per heavy atom. The van der Waals surface area contributed by atoms with Crippen LogP contribution in [0.1, 0.15) is 51.9 Å². The standard InChI is InChI=1S/C15H30N4/c1-11(2)9-18(6)13(8-16)12-10-19(7)17-14(12)15(3,4)5/h10-11,13H,8-9,16H2,1-7H3. The van der Waals surface area contributed by atoms with Crippen LogP contribution in [-0.4, -0.2) is 34.8 Å². The zero-order valence-electron chi connectivity index (χ0n) is 13.6. The average molecular weight is 266 g/mol. The van der Waals surface area contributed by atoms with Crippen molar-refractivity contribution < 1.29 is 0 Å². The van der Waals surface area contributed by atoms with Gasteiger partial charge in [0.05, 0.1) is 11.7 Å². The number of hydrogen-bond acceptors (Lipinski definition) is 3. The summed E-state index contributed by atoms with van der Waals surface area (Å²) in [4.78, 5) is 2.34. The van der Waals surface area contributed by atoms with Crippen LogP contribution < -0.4 is 5.73 Å². The molecule has 1 aromatic rings. The first kappa shape index (κ1) is 16.2. The van der Waals surface area contributed by atoms with E-state index in [1.54, 1.807) is 0 Å². The molecular formula is C15H30N4. The Labute approximate surface area is 118 Å². The zero-order valence-corrected chi connectivity index (χ0v) is 13.6. The Morgan fingerprint density at radius 3 is 2.37 bits per heavy atom. The predicted molar refractivity (Wildman–Crippen MR) is 81.2 cm³/mol. The molecule has 0 aliphatic heterocycles. The molecule has 1 unspecified atom stereocenters. The van der Waals surface area contributed by atoms with Gasteiger partial charge >= 0.3 is 0 Å².